The Morgan fingerprint density at radius 3 is 2.52 bits per heavy atom. The Morgan fingerprint density at radius 1 is 1.22 bits per heavy atom. The summed E-state index contributed by atoms with van der Waals surface area (Å²) in [5.74, 6) is 0.439. The maximum absolute atomic E-state index is 12.5. The van der Waals surface area contributed by atoms with Crippen LogP contribution in [0.15, 0.2) is 24.3 Å². The van der Waals surface area contributed by atoms with E-state index in [4.69, 9.17) is 14.2 Å². The van der Waals surface area contributed by atoms with E-state index < -0.39 is 6.10 Å². The summed E-state index contributed by atoms with van der Waals surface area (Å²) in [5.41, 5.74) is 0. The molecule has 1 aliphatic heterocycles. The molecular formula is C19H28N2O6. The summed E-state index contributed by atoms with van der Waals surface area (Å²) < 4.78 is 15.7. The van der Waals surface area contributed by atoms with Crippen LogP contribution in [0.2, 0.25) is 0 Å². The number of hydrogen-bond donors (Lipinski definition) is 2. The van der Waals surface area contributed by atoms with E-state index in [0.29, 0.717) is 44.9 Å². The molecule has 0 aromatic heterocycles. The fraction of sp³-hybridized carbons (Fsp3) is 0.579. The van der Waals surface area contributed by atoms with E-state index in [1.54, 1.807) is 31.1 Å². The number of rotatable bonds is 9. The van der Waals surface area contributed by atoms with Crippen molar-refractivity contribution in [1.82, 2.24) is 10.2 Å². The lowest BCUT2D eigenvalue weighted by Crippen LogP contribution is -2.50. The molecule has 1 aromatic rings. The molecule has 27 heavy (non-hydrogen) atoms. The predicted octanol–water partition coefficient (Wildman–Crippen LogP) is 0.930. The lowest BCUT2D eigenvalue weighted by Gasteiger charge is -2.33. The molecule has 0 saturated carbocycles. The number of amides is 2. The number of ether oxygens (including phenoxy) is 3. The van der Waals surface area contributed by atoms with Crippen molar-refractivity contribution in [1.29, 1.82) is 0 Å². The molecule has 1 unspecified atom stereocenters. The summed E-state index contributed by atoms with van der Waals surface area (Å²) in [6.45, 7) is 3.70. The molecule has 1 heterocycles. The first-order chi connectivity index (χ1) is 13.0. The second-order valence-corrected chi connectivity index (χ2v) is 6.47. The van der Waals surface area contributed by atoms with Crippen LogP contribution < -0.4 is 10.1 Å². The van der Waals surface area contributed by atoms with Crippen molar-refractivity contribution in [3.8, 4) is 11.5 Å². The van der Waals surface area contributed by atoms with E-state index >= 15 is 0 Å². The largest absolute Gasteiger partial charge is 0.508 e. The van der Waals surface area contributed by atoms with Crippen LogP contribution in [-0.2, 0) is 19.1 Å². The van der Waals surface area contributed by atoms with Gasteiger partial charge in [0.1, 0.15) is 18.1 Å². The van der Waals surface area contributed by atoms with Crippen LogP contribution in [0, 0.1) is 0 Å². The van der Waals surface area contributed by atoms with Crippen molar-refractivity contribution >= 4 is 11.8 Å². The van der Waals surface area contributed by atoms with Crippen molar-refractivity contribution in [2.45, 2.75) is 31.9 Å². The summed E-state index contributed by atoms with van der Waals surface area (Å²) in [6, 6.07) is 6.31. The Labute approximate surface area is 159 Å². The van der Waals surface area contributed by atoms with Crippen molar-refractivity contribution in [3.63, 3.8) is 0 Å². The number of carbonyl (C=O) groups is 2. The minimum absolute atomic E-state index is 0.0139. The standard InChI is InChI=1S/C19H28N2O6/c1-14(27-17-5-3-16(22)4-6-17)19(24)21-9-7-15(8-10-21)20-18(23)13-26-12-11-25-2/h3-6,14-15,22H,7-13H2,1-2H3,(H,20,23). The summed E-state index contributed by atoms with van der Waals surface area (Å²) in [5, 5.41) is 12.2. The van der Waals surface area contributed by atoms with Crippen LogP contribution in [0.25, 0.3) is 0 Å². The Hall–Kier alpha value is -2.32. The third-order valence-corrected chi connectivity index (χ3v) is 4.33. The number of likely N-dealkylation sites (tertiary alicyclic amines) is 1. The number of benzene rings is 1. The van der Waals surface area contributed by atoms with Gasteiger partial charge in [0, 0.05) is 26.2 Å². The minimum atomic E-state index is -0.616. The van der Waals surface area contributed by atoms with Gasteiger partial charge >= 0.3 is 0 Å². The van der Waals surface area contributed by atoms with E-state index in [1.165, 1.54) is 12.1 Å². The van der Waals surface area contributed by atoms with E-state index in [0.717, 1.165) is 0 Å². The second kappa shape index (κ2) is 10.7. The summed E-state index contributed by atoms with van der Waals surface area (Å²) in [7, 11) is 1.58. The number of piperidine rings is 1. The fourth-order valence-electron chi connectivity index (χ4n) is 2.86. The molecular weight excluding hydrogens is 352 g/mol. The first-order valence-electron chi connectivity index (χ1n) is 9.10. The number of methoxy groups -OCH3 is 1. The third-order valence-electron chi connectivity index (χ3n) is 4.33. The Bertz CT molecular complexity index is 599. The zero-order valence-corrected chi connectivity index (χ0v) is 15.8. The average molecular weight is 380 g/mol. The molecule has 1 atom stereocenters. The normalized spacial score (nSPS) is 16.0. The molecule has 8 heteroatoms. The van der Waals surface area contributed by atoms with Gasteiger partial charge in [-0.05, 0) is 44.0 Å². The fourth-order valence-corrected chi connectivity index (χ4v) is 2.86. The minimum Gasteiger partial charge on any atom is -0.508 e. The average Bonchev–Trinajstić information content (AvgIpc) is 2.67. The molecule has 1 aliphatic rings. The second-order valence-electron chi connectivity index (χ2n) is 6.47. The Kier molecular flexibility index (Phi) is 8.35. The van der Waals surface area contributed by atoms with Gasteiger partial charge in [0.05, 0.1) is 13.2 Å². The number of nitrogens with one attached hydrogen (secondary N) is 1. The molecule has 150 valence electrons. The zero-order chi connectivity index (χ0) is 19.6. The van der Waals surface area contributed by atoms with Gasteiger partial charge in [-0.2, -0.15) is 0 Å². The van der Waals surface area contributed by atoms with Crippen LogP contribution in [0.3, 0.4) is 0 Å². The topological polar surface area (TPSA) is 97.3 Å². The summed E-state index contributed by atoms with van der Waals surface area (Å²) >= 11 is 0. The number of carbonyl (C=O) groups excluding carboxylic acids is 2. The number of phenolic OH excluding ortho intramolecular Hbond substituents is 1. The van der Waals surface area contributed by atoms with Crippen molar-refractivity contribution < 1.29 is 28.9 Å². The highest BCUT2D eigenvalue weighted by Crippen LogP contribution is 2.19. The number of hydrogen-bond acceptors (Lipinski definition) is 6. The highest BCUT2D eigenvalue weighted by molar-refractivity contribution is 5.81. The third kappa shape index (κ3) is 7.07. The van der Waals surface area contributed by atoms with E-state index in [1.807, 2.05) is 0 Å². The molecule has 0 bridgehead atoms. The van der Waals surface area contributed by atoms with Crippen molar-refractivity contribution in [3.05, 3.63) is 24.3 Å². The molecule has 1 aromatic carbocycles. The van der Waals surface area contributed by atoms with Crippen LogP contribution in [0.1, 0.15) is 19.8 Å². The smallest absolute Gasteiger partial charge is 0.263 e. The number of aromatic hydroxyl groups is 1. The predicted molar refractivity (Wildman–Crippen MR) is 98.6 cm³/mol. The Balaban J connectivity index is 1.70. The molecule has 8 nitrogen and oxygen atoms in total. The summed E-state index contributed by atoms with van der Waals surface area (Å²) in [4.78, 5) is 26.1. The number of nitrogens with zero attached hydrogens (tertiary/aromatic N) is 1. The molecule has 0 radical (unpaired) electrons. The first kappa shape index (κ1) is 21.0. The van der Waals surface area contributed by atoms with Gasteiger partial charge in [-0.1, -0.05) is 0 Å². The maximum atomic E-state index is 12.5. The molecule has 2 rings (SSSR count). The van der Waals surface area contributed by atoms with Gasteiger partial charge in [0.15, 0.2) is 6.10 Å². The quantitative estimate of drug-likeness (QED) is 0.619. The van der Waals surface area contributed by atoms with Gasteiger partial charge in [-0.25, -0.2) is 0 Å². The highest BCUT2D eigenvalue weighted by atomic mass is 16.5. The van der Waals surface area contributed by atoms with Gasteiger partial charge in [-0.3, -0.25) is 9.59 Å². The lowest BCUT2D eigenvalue weighted by atomic mass is 10.0. The van der Waals surface area contributed by atoms with Gasteiger partial charge in [0.25, 0.3) is 5.91 Å². The lowest BCUT2D eigenvalue weighted by molar-refractivity contribution is -0.139. The first-order valence-corrected chi connectivity index (χ1v) is 9.10. The molecule has 0 aliphatic carbocycles. The van der Waals surface area contributed by atoms with Crippen molar-refractivity contribution in [2.75, 3.05) is 40.0 Å². The monoisotopic (exact) mass is 380 g/mol. The van der Waals surface area contributed by atoms with Gasteiger partial charge in [0.2, 0.25) is 5.91 Å². The number of phenols is 1. The van der Waals surface area contributed by atoms with Gasteiger partial charge < -0.3 is 29.5 Å². The summed E-state index contributed by atoms with van der Waals surface area (Å²) in [6.07, 6.45) is 0.776. The molecule has 2 N–H and O–H groups in total. The molecule has 1 fully saturated rings. The Morgan fingerprint density at radius 2 is 1.89 bits per heavy atom. The van der Waals surface area contributed by atoms with Crippen LogP contribution in [0.4, 0.5) is 0 Å². The van der Waals surface area contributed by atoms with E-state index in [9.17, 15) is 14.7 Å². The van der Waals surface area contributed by atoms with Crippen LogP contribution in [-0.4, -0.2) is 74.0 Å². The van der Waals surface area contributed by atoms with Gasteiger partial charge in [-0.15, -0.1) is 0 Å². The SMILES string of the molecule is COCCOCC(=O)NC1CCN(C(=O)C(C)Oc2ccc(O)cc2)CC1. The van der Waals surface area contributed by atoms with E-state index in [2.05, 4.69) is 5.32 Å². The van der Waals surface area contributed by atoms with E-state index in [-0.39, 0.29) is 30.2 Å². The maximum Gasteiger partial charge on any atom is 0.263 e. The van der Waals surface area contributed by atoms with Crippen LogP contribution in [0.5, 0.6) is 11.5 Å². The molecule has 1 saturated heterocycles. The van der Waals surface area contributed by atoms with Crippen LogP contribution >= 0.6 is 0 Å². The highest BCUT2D eigenvalue weighted by Gasteiger charge is 2.27. The molecule has 2 amide bonds. The van der Waals surface area contributed by atoms with Crippen molar-refractivity contribution in [2.24, 2.45) is 0 Å². The molecule has 0 spiro atoms. The zero-order valence-electron chi connectivity index (χ0n) is 15.8.